The fourth-order valence-corrected chi connectivity index (χ4v) is 2.51. The van der Waals surface area contributed by atoms with Gasteiger partial charge >= 0.3 is 0 Å². The van der Waals surface area contributed by atoms with Gasteiger partial charge in [0.1, 0.15) is 5.71 Å². The van der Waals surface area contributed by atoms with Crippen molar-refractivity contribution < 1.29 is 5.11 Å². The molecule has 1 unspecified atom stereocenters. The second-order valence-electron chi connectivity index (χ2n) is 5.60. The molecule has 1 heterocycles. The van der Waals surface area contributed by atoms with Crippen LogP contribution in [0, 0.1) is 0 Å². The van der Waals surface area contributed by atoms with E-state index in [4.69, 9.17) is 0 Å². The average Bonchev–Trinajstić information content (AvgIpc) is 2.85. The van der Waals surface area contributed by atoms with E-state index < -0.39 is 5.72 Å². The Morgan fingerprint density at radius 1 is 1.00 bits per heavy atom. The van der Waals surface area contributed by atoms with Crippen LogP contribution in [0.5, 0.6) is 0 Å². The average molecular weight is 293 g/mol. The largest absolute Gasteiger partial charge is 0.364 e. The molecular formula is C18H19N3O. The predicted octanol–water partition coefficient (Wildman–Crippen LogP) is 2.69. The first-order chi connectivity index (χ1) is 10.6. The molecule has 22 heavy (non-hydrogen) atoms. The lowest BCUT2D eigenvalue weighted by atomic mass is 10.0. The van der Waals surface area contributed by atoms with E-state index in [0.717, 1.165) is 5.56 Å². The lowest BCUT2D eigenvalue weighted by molar-refractivity contribution is 0.146. The molecule has 1 atom stereocenters. The van der Waals surface area contributed by atoms with Crippen molar-refractivity contribution in [3.63, 3.8) is 0 Å². The minimum Gasteiger partial charge on any atom is -0.364 e. The van der Waals surface area contributed by atoms with Crippen LogP contribution in [0.1, 0.15) is 18.1 Å². The van der Waals surface area contributed by atoms with Crippen molar-refractivity contribution in [1.29, 1.82) is 0 Å². The van der Waals surface area contributed by atoms with Gasteiger partial charge in [-0.1, -0.05) is 60.7 Å². The number of guanidine groups is 1. The van der Waals surface area contributed by atoms with E-state index in [0.29, 0.717) is 18.2 Å². The molecule has 4 nitrogen and oxygen atoms in total. The normalized spacial score (nSPS) is 20.5. The van der Waals surface area contributed by atoms with Crippen LogP contribution >= 0.6 is 0 Å². The van der Waals surface area contributed by atoms with E-state index in [1.165, 1.54) is 5.56 Å². The molecule has 2 aromatic rings. The highest BCUT2D eigenvalue weighted by Crippen LogP contribution is 2.23. The fraction of sp³-hybridized carbons (Fsp3) is 0.222. The van der Waals surface area contributed by atoms with E-state index in [9.17, 15) is 5.11 Å². The Morgan fingerprint density at radius 2 is 1.59 bits per heavy atom. The third kappa shape index (κ3) is 2.92. The van der Waals surface area contributed by atoms with Gasteiger partial charge in [-0.3, -0.25) is 0 Å². The highest BCUT2D eigenvalue weighted by atomic mass is 16.3. The first-order valence-electron chi connectivity index (χ1n) is 7.28. The quantitative estimate of drug-likeness (QED) is 0.946. The highest BCUT2D eigenvalue weighted by Gasteiger charge is 2.35. The van der Waals surface area contributed by atoms with E-state index in [2.05, 4.69) is 22.1 Å². The Balaban J connectivity index is 1.84. The maximum absolute atomic E-state index is 10.5. The number of benzene rings is 2. The topological polar surface area (TPSA) is 48.2 Å². The summed E-state index contributed by atoms with van der Waals surface area (Å²) < 4.78 is 0. The first-order valence-corrected chi connectivity index (χ1v) is 7.28. The number of nitrogens with zero attached hydrogens (tertiary/aromatic N) is 3. The van der Waals surface area contributed by atoms with Gasteiger partial charge in [0.25, 0.3) is 0 Å². The van der Waals surface area contributed by atoms with E-state index in [1.807, 2.05) is 60.5 Å². The van der Waals surface area contributed by atoms with Gasteiger partial charge in [0.2, 0.25) is 11.7 Å². The molecule has 112 valence electrons. The molecule has 1 aliphatic rings. The number of hydrogen-bond acceptors (Lipinski definition) is 4. The van der Waals surface area contributed by atoms with Gasteiger partial charge in [0.15, 0.2) is 0 Å². The Hall–Kier alpha value is -2.46. The first kappa shape index (κ1) is 14.5. The summed E-state index contributed by atoms with van der Waals surface area (Å²) in [6.45, 7) is 2.36. The highest BCUT2D eigenvalue weighted by molar-refractivity contribution is 6.15. The zero-order chi connectivity index (χ0) is 15.6. The molecule has 0 aromatic heterocycles. The van der Waals surface area contributed by atoms with Gasteiger partial charge < -0.3 is 10.0 Å². The maximum atomic E-state index is 10.5. The molecule has 1 N–H and O–H groups in total. The van der Waals surface area contributed by atoms with Gasteiger partial charge in [-0.05, 0) is 12.5 Å². The predicted molar refractivity (Wildman–Crippen MR) is 88.9 cm³/mol. The third-order valence-corrected chi connectivity index (χ3v) is 3.63. The number of hydrogen-bond donors (Lipinski definition) is 1. The van der Waals surface area contributed by atoms with Gasteiger partial charge in [0.05, 0.1) is 0 Å². The van der Waals surface area contributed by atoms with E-state index in [-0.39, 0.29) is 0 Å². The fourth-order valence-electron chi connectivity index (χ4n) is 2.51. The monoisotopic (exact) mass is 293 g/mol. The zero-order valence-corrected chi connectivity index (χ0v) is 12.8. The van der Waals surface area contributed by atoms with E-state index in [1.54, 1.807) is 6.92 Å². The Morgan fingerprint density at radius 3 is 2.23 bits per heavy atom. The standard InChI is InChI=1S/C18H19N3O/c1-18(22)16(15-11-7-4-8-12-15)19-17(20-18)21(2)13-14-9-5-3-6-10-14/h3-12,22H,13H2,1-2H3. The molecule has 0 saturated carbocycles. The third-order valence-electron chi connectivity index (χ3n) is 3.63. The summed E-state index contributed by atoms with van der Waals surface area (Å²) in [6, 6.07) is 19.8. The summed E-state index contributed by atoms with van der Waals surface area (Å²) >= 11 is 0. The molecule has 0 radical (unpaired) electrons. The summed E-state index contributed by atoms with van der Waals surface area (Å²) in [4.78, 5) is 10.9. The van der Waals surface area contributed by atoms with Crippen molar-refractivity contribution >= 4 is 11.7 Å². The summed E-state index contributed by atoms with van der Waals surface area (Å²) in [6.07, 6.45) is 0. The van der Waals surface area contributed by atoms with Crippen LogP contribution in [0.25, 0.3) is 0 Å². The minimum atomic E-state index is -1.29. The van der Waals surface area contributed by atoms with Crippen LogP contribution in [-0.2, 0) is 6.54 Å². The van der Waals surface area contributed by atoms with Crippen LogP contribution in [0.3, 0.4) is 0 Å². The molecule has 0 aliphatic carbocycles. The summed E-state index contributed by atoms with van der Waals surface area (Å²) in [7, 11) is 1.93. The lowest BCUT2D eigenvalue weighted by Gasteiger charge is -2.17. The van der Waals surface area contributed by atoms with Crippen LogP contribution in [0.15, 0.2) is 70.6 Å². The number of rotatable bonds is 3. The smallest absolute Gasteiger partial charge is 0.224 e. The molecule has 3 rings (SSSR count). The molecule has 2 aromatic carbocycles. The molecule has 0 amide bonds. The maximum Gasteiger partial charge on any atom is 0.224 e. The van der Waals surface area contributed by atoms with Gasteiger partial charge in [0, 0.05) is 19.2 Å². The van der Waals surface area contributed by atoms with Crippen molar-refractivity contribution in [3.8, 4) is 0 Å². The minimum absolute atomic E-state index is 0.549. The van der Waals surface area contributed by atoms with Crippen molar-refractivity contribution in [3.05, 3.63) is 71.8 Å². The molecule has 0 fully saturated rings. The molecule has 0 saturated heterocycles. The Labute approximate surface area is 130 Å². The molecule has 1 aliphatic heterocycles. The van der Waals surface area contributed by atoms with Crippen molar-refractivity contribution in [2.24, 2.45) is 9.98 Å². The number of aliphatic hydroxyl groups is 1. The van der Waals surface area contributed by atoms with Crippen LogP contribution in [0.2, 0.25) is 0 Å². The van der Waals surface area contributed by atoms with Crippen LogP contribution < -0.4 is 0 Å². The molecule has 4 heteroatoms. The van der Waals surface area contributed by atoms with Crippen LogP contribution in [-0.4, -0.2) is 34.5 Å². The zero-order valence-electron chi connectivity index (χ0n) is 12.8. The van der Waals surface area contributed by atoms with Crippen molar-refractivity contribution in [2.45, 2.75) is 19.2 Å². The van der Waals surface area contributed by atoms with Crippen molar-refractivity contribution in [1.82, 2.24) is 4.90 Å². The van der Waals surface area contributed by atoms with Crippen molar-refractivity contribution in [2.75, 3.05) is 7.05 Å². The molecule has 0 bridgehead atoms. The second kappa shape index (κ2) is 5.73. The Kier molecular flexibility index (Phi) is 3.77. The summed E-state index contributed by atoms with van der Waals surface area (Å²) in [5, 5.41) is 10.5. The molecule has 0 spiro atoms. The van der Waals surface area contributed by atoms with Gasteiger partial charge in [-0.25, -0.2) is 9.98 Å². The summed E-state index contributed by atoms with van der Waals surface area (Å²) in [5.74, 6) is 0.549. The summed E-state index contributed by atoms with van der Waals surface area (Å²) in [5.41, 5.74) is 1.36. The molecular weight excluding hydrogens is 274 g/mol. The lowest BCUT2D eigenvalue weighted by Crippen LogP contribution is -2.31. The van der Waals surface area contributed by atoms with Crippen LogP contribution in [0.4, 0.5) is 0 Å². The number of aliphatic imine (C=N–C) groups is 2. The van der Waals surface area contributed by atoms with E-state index >= 15 is 0 Å². The van der Waals surface area contributed by atoms with Gasteiger partial charge in [-0.15, -0.1) is 0 Å². The Bertz CT molecular complexity index is 706. The SMILES string of the molecule is CN(Cc1ccccc1)C1=NC(C)(O)C(c2ccccc2)=N1. The second-order valence-corrected chi connectivity index (χ2v) is 5.60. The van der Waals surface area contributed by atoms with Gasteiger partial charge in [-0.2, -0.15) is 0 Å².